The molecule has 0 heterocycles. The zero-order valence-corrected chi connectivity index (χ0v) is 7.21. The molecule has 9 heavy (non-hydrogen) atoms. The van der Waals surface area contributed by atoms with Gasteiger partial charge >= 0.3 is 0 Å². The zero-order valence-electron chi connectivity index (χ0n) is 6.39. The standard InChI is InChI=1S/C7H17NS/c1-3-7(4-2)9-6-5-8/h7H,3-6,8H2,1-2H3. The van der Waals surface area contributed by atoms with E-state index in [-0.39, 0.29) is 0 Å². The fourth-order valence-corrected chi connectivity index (χ4v) is 1.70. The first-order valence-electron chi connectivity index (χ1n) is 3.66. The van der Waals surface area contributed by atoms with E-state index < -0.39 is 0 Å². The van der Waals surface area contributed by atoms with Crippen molar-refractivity contribution in [3.05, 3.63) is 0 Å². The van der Waals surface area contributed by atoms with Crippen molar-refractivity contribution in [1.82, 2.24) is 0 Å². The first-order valence-corrected chi connectivity index (χ1v) is 4.71. The van der Waals surface area contributed by atoms with Gasteiger partial charge in [-0.05, 0) is 12.8 Å². The molecule has 0 saturated heterocycles. The summed E-state index contributed by atoms with van der Waals surface area (Å²) in [7, 11) is 0. The minimum absolute atomic E-state index is 0.821. The molecule has 56 valence electrons. The molecule has 0 amide bonds. The highest BCUT2D eigenvalue weighted by Gasteiger charge is 2.00. The van der Waals surface area contributed by atoms with Crippen molar-refractivity contribution in [2.24, 2.45) is 5.73 Å². The van der Waals surface area contributed by atoms with Gasteiger partial charge in [0.2, 0.25) is 0 Å². The monoisotopic (exact) mass is 147 g/mol. The predicted molar refractivity (Wildman–Crippen MR) is 45.9 cm³/mol. The average molecular weight is 147 g/mol. The lowest BCUT2D eigenvalue weighted by atomic mass is 10.3. The Morgan fingerprint density at radius 3 is 2.22 bits per heavy atom. The Bertz CT molecular complexity index is 52.9. The van der Waals surface area contributed by atoms with Crippen LogP contribution in [0.25, 0.3) is 0 Å². The Balaban J connectivity index is 3.09. The summed E-state index contributed by atoms with van der Waals surface area (Å²) in [6, 6.07) is 0. The van der Waals surface area contributed by atoms with E-state index in [2.05, 4.69) is 13.8 Å². The van der Waals surface area contributed by atoms with Crippen LogP contribution in [0.3, 0.4) is 0 Å². The third-order valence-corrected chi connectivity index (χ3v) is 2.99. The van der Waals surface area contributed by atoms with Crippen LogP contribution < -0.4 is 5.73 Å². The summed E-state index contributed by atoms with van der Waals surface area (Å²) in [4.78, 5) is 0. The Kier molecular flexibility index (Phi) is 6.65. The minimum Gasteiger partial charge on any atom is -0.330 e. The summed E-state index contributed by atoms with van der Waals surface area (Å²) in [6.07, 6.45) is 2.56. The van der Waals surface area contributed by atoms with Crippen LogP contribution in [0.2, 0.25) is 0 Å². The Labute approximate surface area is 62.4 Å². The number of rotatable bonds is 5. The van der Waals surface area contributed by atoms with Crippen molar-refractivity contribution in [3.8, 4) is 0 Å². The minimum atomic E-state index is 0.821. The van der Waals surface area contributed by atoms with E-state index in [4.69, 9.17) is 5.73 Å². The second kappa shape index (κ2) is 6.43. The van der Waals surface area contributed by atoms with Crippen molar-refractivity contribution in [3.63, 3.8) is 0 Å². The molecular weight excluding hydrogens is 130 g/mol. The second-order valence-corrected chi connectivity index (χ2v) is 3.51. The molecule has 0 spiro atoms. The number of hydrogen-bond donors (Lipinski definition) is 1. The SMILES string of the molecule is CCC(CC)SCCN. The topological polar surface area (TPSA) is 26.0 Å². The largest absolute Gasteiger partial charge is 0.330 e. The van der Waals surface area contributed by atoms with Crippen LogP contribution in [-0.4, -0.2) is 17.5 Å². The third kappa shape index (κ3) is 4.79. The zero-order chi connectivity index (χ0) is 7.11. The van der Waals surface area contributed by atoms with Gasteiger partial charge in [-0.2, -0.15) is 11.8 Å². The van der Waals surface area contributed by atoms with Gasteiger partial charge < -0.3 is 5.73 Å². The fourth-order valence-electron chi connectivity index (χ4n) is 0.759. The molecule has 0 atom stereocenters. The lowest BCUT2D eigenvalue weighted by Gasteiger charge is -2.09. The molecule has 0 rings (SSSR count). The summed E-state index contributed by atoms with van der Waals surface area (Å²) in [5.74, 6) is 1.12. The van der Waals surface area contributed by atoms with Gasteiger partial charge in [0.05, 0.1) is 0 Å². The summed E-state index contributed by atoms with van der Waals surface area (Å²) < 4.78 is 0. The Morgan fingerprint density at radius 1 is 1.33 bits per heavy atom. The fraction of sp³-hybridized carbons (Fsp3) is 1.00. The van der Waals surface area contributed by atoms with Crippen molar-refractivity contribution in [1.29, 1.82) is 0 Å². The van der Waals surface area contributed by atoms with Crippen molar-refractivity contribution in [2.75, 3.05) is 12.3 Å². The van der Waals surface area contributed by atoms with Gasteiger partial charge in [-0.3, -0.25) is 0 Å². The molecule has 0 saturated carbocycles. The summed E-state index contributed by atoms with van der Waals surface area (Å²) in [6.45, 7) is 5.29. The number of nitrogens with two attached hydrogens (primary N) is 1. The van der Waals surface area contributed by atoms with Gasteiger partial charge in [0.25, 0.3) is 0 Å². The highest BCUT2D eigenvalue weighted by molar-refractivity contribution is 7.99. The molecule has 0 fully saturated rings. The van der Waals surface area contributed by atoms with Gasteiger partial charge in [-0.15, -0.1) is 0 Å². The van der Waals surface area contributed by atoms with Crippen molar-refractivity contribution in [2.45, 2.75) is 31.9 Å². The first-order chi connectivity index (χ1) is 4.35. The maximum Gasteiger partial charge on any atom is 0.00586 e. The molecule has 0 radical (unpaired) electrons. The van der Waals surface area contributed by atoms with Crippen LogP contribution in [0.5, 0.6) is 0 Å². The summed E-state index contributed by atoms with van der Waals surface area (Å²) >= 11 is 2.00. The van der Waals surface area contributed by atoms with Gasteiger partial charge in [-0.1, -0.05) is 13.8 Å². The molecular formula is C7H17NS. The van der Waals surface area contributed by atoms with Crippen molar-refractivity contribution >= 4 is 11.8 Å². The lowest BCUT2D eigenvalue weighted by molar-refractivity contribution is 0.791. The Hall–Kier alpha value is 0.310. The highest BCUT2D eigenvalue weighted by Crippen LogP contribution is 2.16. The van der Waals surface area contributed by atoms with Gasteiger partial charge in [-0.25, -0.2) is 0 Å². The summed E-state index contributed by atoms with van der Waals surface area (Å²) in [5, 5.41) is 0.841. The smallest absolute Gasteiger partial charge is 0.00586 e. The molecule has 0 aliphatic carbocycles. The lowest BCUT2D eigenvalue weighted by Crippen LogP contribution is -2.06. The normalized spacial score (nSPS) is 10.7. The van der Waals surface area contributed by atoms with E-state index >= 15 is 0 Å². The third-order valence-electron chi connectivity index (χ3n) is 1.38. The molecule has 0 aromatic carbocycles. The van der Waals surface area contributed by atoms with Crippen LogP contribution in [-0.2, 0) is 0 Å². The van der Waals surface area contributed by atoms with E-state index in [0.717, 1.165) is 17.5 Å². The Morgan fingerprint density at radius 2 is 1.89 bits per heavy atom. The maximum absolute atomic E-state index is 5.37. The molecule has 0 aliphatic rings. The van der Waals surface area contributed by atoms with Crippen LogP contribution >= 0.6 is 11.8 Å². The van der Waals surface area contributed by atoms with E-state index in [1.54, 1.807) is 0 Å². The van der Waals surface area contributed by atoms with Crippen LogP contribution in [0.4, 0.5) is 0 Å². The molecule has 0 aromatic heterocycles. The van der Waals surface area contributed by atoms with Crippen LogP contribution in [0, 0.1) is 0 Å². The molecule has 1 nitrogen and oxygen atoms in total. The van der Waals surface area contributed by atoms with Crippen LogP contribution in [0.15, 0.2) is 0 Å². The number of thioether (sulfide) groups is 1. The number of hydrogen-bond acceptors (Lipinski definition) is 2. The molecule has 0 aliphatic heterocycles. The van der Waals surface area contributed by atoms with Crippen molar-refractivity contribution < 1.29 is 0 Å². The second-order valence-electron chi connectivity index (χ2n) is 2.10. The van der Waals surface area contributed by atoms with Gasteiger partial charge in [0, 0.05) is 17.5 Å². The highest BCUT2D eigenvalue weighted by atomic mass is 32.2. The molecule has 2 N–H and O–H groups in total. The summed E-state index contributed by atoms with van der Waals surface area (Å²) in [5.41, 5.74) is 5.37. The average Bonchev–Trinajstić information content (AvgIpc) is 1.91. The maximum atomic E-state index is 5.37. The van der Waals surface area contributed by atoms with Gasteiger partial charge in [0.15, 0.2) is 0 Å². The predicted octanol–water partition coefficient (Wildman–Crippen LogP) is 1.87. The first kappa shape index (κ1) is 9.31. The quantitative estimate of drug-likeness (QED) is 0.642. The molecule has 0 bridgehead atoms. The van der Waals surface area contributed by atoms with Crippen LogP contribution in [0.1, 0.15) is 26.7 Å². The molecule has 0 unspecified atom stereocenters. The van der Waals surface area contributed by atoms with E-state index in [1.165, 1.54) is 12.8 Å². The molecule has 0 aromatic rings. The van der Waals surface area contributed by atoms with Gasteiger partial charge in [0.1, 0.15) is 0 Å². The van der Waals surface area contributed by atoms with E-state index in [0.29, 0.717) is 0 Å². The van der Waals surface area contributed by atoms with E-state index in [1.807, 2.05) is 11.8 Å². The van der Waals surface area contributed by atoms with E-state index in [9.17, 15) is 0 Å². The molecule has 2 heteroatoms.